The number of hydrogen-bond acceptors (Lipinski definition) is 4. The summed E-state index contributed by atoms with van der Waals surface area (Å²) < 4.78 is 10.4. The Bertz CT molecular complexity index is 505. The van der Waals surface area contributed by atoms with E-state index < -0.39 is 0 Å². The number of rotatable bonds is 4. The van der Waals surface area contributed by atoms with Gasteiger partial charge in [0.1, 0.15) is 17.1 Å². The molecule has 0 bridgehead atoms. The fourth-order valence-corrected chi connectivity index (χ4v) is 2.79. The molecule has 1 aliphatic carbocycles. The van der Waals surface area contributed by atoms with Crippen LogP contribution in [-0.4, -0.2) is 31.3 Å². The smallest absolute Gasteiger partial charge is 0.264 e. The monoisotopic (exact) mass is 308 g/mol. The second-order valence-electron chi connectivity index (χ2n) is 4.95. The van der Waals surface area contributed by atoms with Crippen molar-refractivity contribution in [2.45, 2.75) is 31.7 Å². The summed E-state index contributed by atoms with van der Waals surface area (Å²) in [7, 11) is 3.03. The van der Waals surface area contributed by atoms with Crippen molar-refractivity contribution < 1.29 is 14.3 Å². The number of ether oxygens (including phenoxy) is 2. The molecular weight excluding hydrogens is 288 g/mol. The van der Waals surface area contributed by atoms with E-state index in [-0.39, 0.29) is 5.91 Å². The largest absolute Gasteiger partial charge is 0.496 e. The number of amides is 1. The lowest BCUT2D eigenvalue weighted by molar-refractivity contribution is 0.0970. The first-order valence-electron chi connectivity index (χ1n) is 6.98. The van der Waals surface area contributed by atoms with Gasteiger partial charge < -0.3 is 14.8 Å². The molecule has 1 aromatic carbocycles. The molecule has 5 nitrogen and oxygen atoms in total. The van der Waals surface area contributed by atoms with Gasteiger partial charge in [0.05, 0.1) is 14.2 Å². The van der Waals surface area contributed by atoms with Gasteiger partial charge in [0.25, 0.3) is 5.91 Å². The van der Waals surface area contributed by atoms with E-state index in [0.717, 1.165) is 12.8 Å². The molecule has 0 heterocycles. The van der Waals surface area contributed by atoms with Gasteiger partial charge in [0.15, 0.2) is 5.11 Å². The maximum absolute atomic E-state index is 12.4. The minimum absolute atomic E-state index is 0.334. The van der Waals surface area contributed by atoms with Gasteiger partial charge in [-0.3, -0.25) is 10.1 Å². The normalized spacial score (nSPS) is 14.6. The zero-order valence-corrected chi connectivity index (χ0v) is 13.1. The van der Waals surface area contributed by atoms with Crippen LogP contribution in [0.4, 0.5) is 0 Å². The molecule has 0 spiro atoms. The van der Waals surface area contributed by atoms with Crippen LogP contribution >= 0.6 is 12.2 Å². The molecule has 0 atom stereocenters. The van der Waals surface area contributed by atoms with Crippen molar-refractivity contribution in [2.24, 2.45) is 0 Å². The van der Waals surface area contributed by atoms with E-state index in [1.807, 2.05) is 0 Å². The number of benzene rings is 1. The fourth-order valence-electron chi connectivity index (χ4n) is 2.53. The Morgan fingerprint density at radius 2 is 1.76 bits per heavy atom. The minimum Gasteiger partial charge on any atom is -0.496 e. The van der Waals surface area contributed by atoms with Crippen molar-refractivity contribution in [1.82, 2.24) is 10.6 Å². The highest BCUT2D eigenvalue weighted by Crippen LogP contribution is 2.28. The average molecular weight is 308 g/mol. The van der Waals surface area contributed by atoms with Crippen LogP contribution in [0.5, 0.6) is 11.5 Å². The van der Waals surface area contributed by atoms with Crippen molar-refractivity contribution in [3.63, 3.8) is 0 Å². The van der Waals surface area contributed by atoms with E-state index in [2.05, 4.69) is 10.6 Å². The Kier molecular flexibility index (Phi) is 5.38. The quantitative estimate of drug-likeness (QED) is 0.836. The number of carbonyl (C=O) groups is 1. The SMILES string of the molecule is COc1cccc(OC)c1C(=O)NC(=S)NC1CCCC1. The number of hydrogen-bond donors (Lipinski definition) is 2. The molecule has 1 aromatic rings. The highest BCUT2D eigenvalue weighted by Gasteiger charge is 2.21. The molecule has 0 radical (unpaired) electrons. The summed E-state index contributed by atoms with van der Waals surface area (Å²) in [4.78, 5) is 12.4. The van der Waals surface area contributed by atoms with Gasteiger partial charge in [-0.05, 0) is 37.2 Å². The van der Waals surface area contributed by atoms with Gasteiger partial charge in [-0.15, -0.1) is 0 Å². The van der Waals surface area contributed by atoms with Crippen molar-refractivity contribution in [3.05, 3.63) is 23.8 Å². The highest BCUT2D eigenvalue weighted by atomic mass is 32.1. The Morgan fingerprint density at radius 3 is 2.29 bits per heavy atom. The first kappa shape index (κ1) is 15.6. The van der Waals surface area contributed by atoms with Crippen LogP contribution in [0.15, 0.2) is 18.2 Å². The van der Waals surface area contributed by atoms with Gasteiger partial charge >= 0.3 is 0 Å². The van der Waals surface area contributed by atoms with Crippen LogP contribution in [0.2, 0.25) is 0 Å². The molecule has 21 heavy (non-hydrogen) atoms. The summed E-state index contributed by atoms with van der Waals surface area (Å²) in [5, 5.41) is 6.21. The van der Waals surface area contributed by atoms with E-state index in [9.17, 15) is 4.79 Å². The molecular formula is C15H20N2O3S. The van der Waals surface area contributed by atoms with Crippen LogP contribution in [0.3, 0.4) is 0 Å². The number of carbonyl (C=O) groups excluding carboxylic acids is 1. The van der Waals surface area contributed by atoms with E-state index in [0.29, 0.717) is 28.2 Å². The molecule has 1 amide bonds. The summed E-state index contributed by atoms with van der Waals surface area (Å²) in [6.07, 6.45) is 4.59. The van der Waals surface area contributed by atoms with Gasteiger partial charge in [0.2, 0.25) is 0 Å². The summed E-state index contributed by atoms with van der Waals surface area (Å²) in [6.45, 7) is 0. The third-order valence-electron chi connectivity index (χ3n) is 3.57. The molecule has 1 aliphatic rings. The number of methoxy groups -OCH3 is 2. The van der Waals surface area contributed by atoms with Crippen molar-refractivity contribution in [2.75, 3.05) is 14.2 Å². The van der Waals surface area contributed by atoms with Gasteiger partial charge in [-0.25, -0.2) is 0 Å². The van der Waals surface area contributed by atoms with E-state index in [1.54, 1.807) is 18.2 Å². The van der Waals surface area contributed by atoms with Gasteiger partial charge in [0, 0.05) is 6.04 Å². The van der Waals surface area contributed by atoms with Gasteiger partial charge in [-0.2, -0.15) is 0 Å². The van der Waals surface area contributed by atoms with Crippen LogP contribution in [0.1, 0.15) is 36.0 Å². The molecule has 0 aliphatic heterocycles. The van der Waals surface area contributed by atoms with Crippen LogP contribution in [-0.2, 0) is 0 Å². The van der Waals surface area contributed by atoms with Crippen molar-refractivity contribution >= 4 is 23.2 Å². The lowest BCUT2D eigenvalue weighted by Crippen LogP contribution is -2.43. The van der Waals surface area contributed by atoms with E-state index in [4.69, 9.17) is 21.7 Å². The lowest BCUT2D eigenvalue weighted by atomic mass is 10.1. The lowest BCUT2D eigenvalue weighted by Gasteiger charge is -2.16. The molecule has 114 valence electrons. The highest BCUT2D eigenvalue weighted by molar-refractivity contribution is 7.80. The molecule has 0 unspecified atom stereocenters. The summed E-state index contributed by atoms with van der Waals surface area (Å²) in [5.41, 5.74) is 0.345. The second-order valence-corrected chi connectivity index (χ2v) is 5.35. The fraction of sp³-hybridized carbons (Fsp3) is 0.467. The Labute approximate surface area is 130 Å². The van der Waals surface area contributed by atoms with Gasteiger partial charge in [-0.1, -0.05) is 18.9 Å². The van der Waals surface area contributed by atoms with Crippen LogP contribution in [0, 0.1) is 0 Å². The maximum Gasteiger partial charge on any atom is 0.264 e. The summed E-state index contributed by atoms with van der Waals surface area (Å²) in [6, 6.07) is 5.55. The zero-order chi connectivity index (χ0) is 15.2. The zero-order valence-electron chi connectivity index (χ0n) is 12.3. The molecule has 2 rings (SSSR count). The summed E-state index contributed by atoms with van der Waals surface area (Å²) in [5.74, 6) is 0.575. The third-order valence-corrected chi connectivity index (χ3v) is 3.79. The topological polar surface area (TPSA) is 59.6 Å². The molecule has 0 saturated heterocycles. The predicted molar refractivity (Wildman–Crippen MR) is 85.0 cm³/mol. The van der Waals surface area contributed by atoms with E-state index in [1.165, 1.54) is 27.1 Å². The van der Waals surface area contributed by atoms with Crippen molar-refractivity contribution in [1.29, 1.82) is 0 Å². The summed E-state index contributed by atoms with van der Waals surface area (Å²) >= 11 is 5.20. The van der Waals surface area contributed by atoms with Crippen molar-refractivity contribution in [3.8, 4) is 11.5 Å². The molecule has 0 aromatic heterocycles. The Hall–Kier alpha value is -1.82. The third kappa shape index (κ3) is 3.85. The molecule has 6 heteroatoms. The average Bonchev–Trinajstić information content (AvgIpc) is 2.98. The predicted octanol–water partition coefficient (Wildman–Crippen LogP) is 2.25. The molecule has 2 N–H and O–H groups in total. The second kappa shape index (κ2) is 7.26. The van der Waals surface area contributed by atoms with Crippen LogP contribution < -0.4 is 20.1 Å². The Balaban J connectivity index is 2.07. The standard InChI is InChI=1S/C15H20N2O3S/c1-19-11-8-5-9-12(20-2)13(11)14(18)17-15(21)16-10-6-3-4-7-10/h5,8-10H,3-4,6-7H2,1-2H3,(H2,16,17,18,21). The first-order valence-corrected chi connectivity index (χ1v) is 7.39. The molecule has 1 fully saturated rings. The van der Waals surface area contributed by atoms with E-state index >= 15 is 0 Å². The number of nitrogens with one attached hydrogen (secondary N) is 2. The number of thiocarbonyl (C=S) groups is 1. The maximum atomic E-state index is 12.4. The first-order chi connectivity index (χ1) is 10.2. The minimum atomic E-state index is -0.334. The molecule has 1 saturated carbocycles. The Morgan fingerprint density at radius 1 is 1.19 bits per heavy atom. The van der Waals surface area contributed by atoms with Crippen LogP contribution in [0.25, 0.3) is 0 Å².